The number of nitrogens with zero attached hydrogens (tertiary/aromatic N) is 7. The predicted molar refractivity (Wildman–Crippen MR) is 185 cm³/mol. The molecule has 2 bridgehead atoms. The first-order valence-electron chi connectivity index (χ1n) is 16.4. The zero-order chi connectivity index (χ0) is 34.8. The highest BCUT2D eigenvalue weighted by Gasteiger charge is 2.37. The molecule has 5 aromatic rings. The molecular formula is C36H36N10O4. The number of likely N-dealkylation sites (tertiary alicyclic amines) is 1. The van der Waals surface area contributed by atoms with E-state index in [0.29, 0.717) is 48.9 Å². The van der Waals surface area contributed by atoms with E-state index in [0.717, 1.165) is 34.5 Å². The Morgan fingerprint density at radius 1 is 1.06 bits per heavy atom. The normalized spacial score (nSPS) is 17.3. The van der Waals surface area contributed by atoms with Gasteiger partial charge in [-0.15, -0.1) is 5.10 Å². The van der Waals surface area contributed by atoms with Gasteiger partial charge in [0.2, 0.25) is 18.2 Å². The third-order valence-electron chi connectivity index (χ3n) is 9.34. The van der Waals surface area contributed by atoms with Gasteiger partial charge in [0.15, 0.2) is 0 Å². The first-order chi connectivity index (χ1) is 24.2. The number of amides is 3. The molecule has 14 nitrogen and oxygen atoms in total. The van der Waals surface area contributed by atoms with Gasteiger partial charge in [0, 0.05) is 65.9 Å². The number of fused-ring (bicyclic) bond motifs is 4. The van der Waals surface area contributed by atoms with Crippen molar-refractivity contribution in [2.24, 2.45) is 5.92 Å². The molecule has 5 heterocycles. The number of hydrogen-bond donors (Lipinski definition) is 3. The average molecular weight is 673 g/mol. The summed E-state index contributed by atoms with van der Waals surface area (Å²) in [6, 6.07) is 17.6. The van der Waals surface area contributed by atoms with Crippen molar-refractivity contribution in [1.82, 2.24) is 45.0 Å². The summed E-state index contributed by atoms with van der Waals surface area (Å²) < 4.78 is 3.36. The molecule has 1 saturated heterocycles. The number of piperidine rings is 1. The Balaban J connectivity index is 1.15. The van der Waals surface area contributed by atoms with Crippen LogP contribution >= 0.6 is 0 Å². The number of carbonyl (C=O) groups is 3. The van der Waals surface area contributed by atoms with Crippen LogP contribution < -0.4 is 16.2 Å². The zero-order valence-electron chi connectivity index (χ0n) is 27.6. The Bertz CT molecular complexity index is 2130. The highest BCUT2D eigenvalue weighted by atomic mass is 16.2. The first-order valence-corrected chi connectivity index (χ1v) is 16.4. The fourth-order valence-electron chi connectivity index (χ4n) is 7.01. The summed E-state index contributed by atoms with van der Waals surface area (Å²) in [4.78, 5) is 61.0. The molecule has 0 aliphatic carbocycles. The van der Waals surface area contributed by atoms with Crippen LogP contribution in [0.4, 0.5) is 5.69 Å². The number of aromatic amines is 1. The number of aromatic nitrogens is 7. The van der Waals surface area contributed by atoms with E-state index in [-0.39, 0.29) is 29.7 Å². The Morgan fingerprint density at radius 3 is 2.68 bits per heavy atom. The quantitative estimate of drug-likeness (QED) is 0.150. The van der Waals surface area contributed by atoms with Crippen LogP contribution in [0.1, 0.15) is 53.1 Å². The summed E-state index contributed by atoms with van der Waals surface area (Å²) in [6.07, 6.45) is 6.12. The second kappa shape index (κ2) is 13.7. The number of imidazole rings is 1. The van der Waals surface area contributed by atoms with Crippen molar-refractivity contribution in [3.05, 3.63) is 112 Å². The maximum Gasteiger partial charge on any atom is 0.250 e. The van der Waals surface area contributed by atoms with E-state index in [1.165, 1.54) is 17.1 Å². The summed E-state index contributed by atoms with van der Waals surface area (Å²) >= 11 is 0. The molecule has 2 aliphatic heterocycles. The van der Waals surface area contributed by atoms with E-state index in [1.807, 2.05) is 59.7 Å². The van der Waals surface area contributed by atoms with Crippen LogP contribution in [0.3, 0.4) is 0 Å². The van der Waals surface area contributed by atoms with Gasteiger partial charge in [-0.25, -0.2) is 4.98 Å². The van der Waals surface area contributed by atoms with E-state index >= 15 is 0 Å². The fourth-order valence-corrected chi connectivity index (χ4v) is 7.01. The van der Waals surface area contributed by atoms with Gasteiger partial charge in [-0.05, 0) is 73.0 Å². The van der Waals surface area contributed by atoms with Crippen LogP contribution in [0.2, 0.25) is 0 Å². The van der Waals surface area contributed by atoms with Gasteiger partial charge in [0.25, 0.3) is 5.56 Å². The molecule has 14 heteroatoms. The monoisotopic (exact) mass is 672 g/mol. The standard InChI is InChI=1S/C36H36N10O4/c1-22-6-12-31(46-20-38-42-43-46)26(14-22)9-13-32(48)40-29(36-39-23(2)35(41-36)25-7-10-28(11-8-25)37-21-47)16-34(50)44-17-24-15-27(19-44)30-4-3-5-33(49)45(30)18-24/h3-14,20-21,24,27,29H,15-19H2,1-2H3,(H,37,47)(H,39,41)(H,40,48)/b13-9+/t24?,27?,29-/m0/s1. The van der Waals surface area contributed by atoms with Crippen molar-refractivity contribution >= 4 is 30.0 Å². The lowest BCUT2D eigenvalue weighted by atomic mass is 9.83. The summed E-state index contributed by atoms with van der Waals surface area (Å²) in [6.45, 7) is 5.45. The highest BCUT2D eigenvalue weighted by Crippen LogP contribution is 2.36. The van der Waals surface area contributed by atoms with Gasteiger partial charge < -0.3 is 25.1 Å². The number of carbonyl (C=O) groups excluding carboxylic acids is 3. The van der Waals surface area contributed by atoms with Crippen LogP contribution in [-0.4, -0.2) is 71.0 Å². The minimum atomic E-state index is -0.767. The number of pyridine rings is 1. The van der Waals surface area contributed by atoms with Gasteiger partial charge in [-0.3, -0.25) is 19.2 Å². The predicted octanol–water partition coefficient (Wildman–Crippen LogP) is 3.31. The van der Waals surface area contributed by atoms with Crippen molar-refractivity contribution in [2.75, 3.05) is 18.4 Å². The topological polar surface area (TPSA) is 173 Å². The van der Waals surface area contributed by atoms with Crippen LogP contribution in [0.25, 0.3) is 23.0 Å². The molecule has 3 amide bonds. The number of aryl methyl sites for hydroxylation is 2. The number of hydrogen-bond acceptors (Lipinski definition) is 8. The molecule has 0 spiro atoms. The second-order valence-corrected chi connectivity index (χ2v) is 12.8. The molecule has 2 unspecified atom stereocenters. The van der Waals surface area contributed by atoms with E-state index in [9.17, 15) is 19.2 Å². The number of tetrazole rings is 1. The Hall–Kier alpha value is -6.18. The van der Waals surface area contributed by atoms with Crippen molar-refractivity contribution in [1.29, 1.82) is 0 Å². The minimum absolute atomic E-state index is 0.0119. The lowest BCUT2D eigenvalue weighted by molar-refractivity contribution is -0.134. The van der Waals surface area contributed by atoms with Gasteiger partial charge in [-0.1, -0.05) is 29.8 Å². The van der Waals surface area contributed by atoms with Crippen molar-refractivity contribution in [2.45, 2.75) is 45.2 Å². The number of H-pyrrole nitrogens is 1. The van der Waals surface area contributed by atoms with Gasteiger partial charge in [0.05, 0.1) is 23.8 Å². The molecule has 7 rings (SSSR count). The summed E-state index contributed by atoms with van der Waals surface area (Å²) in [5, 5.41) is 17.1. The summed E-state index contributed by atoms with van der Waals surface area (Å²) in [7, 11) is 0. The largest absolute Gasteiger partial charge is 0.344 e. The SMILES string of the molecule is Cc1ccc(-n2cnnn2)c(/C=C/C(=O)N[C@@H](CC(=O)N2CC3CC(C2)c2cccc(=O)n2C3)c2nc(-c3ccc(NC=O)cc3)c(C)[nH]2)c1. The van der Waals surface area contributed by atoms with Gasteiger partial charge >= 0.3 is 0 Å². The molecule has 2 aliphatic rings. The number of benzene rings is 2. The van der Waals surface area contributed by atoms with E-state index in [4.69, 9.17) is 4.98 Å². The molecule has 254 valence electrons. The first kappa shape index (κ1) is 32.4. The third-order valence-corrected chi connectivity index (χ3v) is 9.34. The maximum absolute atomic E-state index is 14.0. The van der Waals surface area contributed by atoms with Gasteiger partial charge in [-0.2, -0.15) is 4.68 Å². The van der Waals surface area contributed by atoms with E-state index < -0.39 is 11.9 Å². The van der Waals surface area contributed by atoms with Crippen LogP contribution in [-0.2, 0) is 20.9 Å². The van der Waals surface area contributed by atoms with Crippen LogP contribution in [0, 0.1) is 19.8 Å². The molecule has 2 aromatic carbocycles. The molecule has 3 aromatic heterocycles. The lowest BCUT2D eigenvalue weighted by Crippen LogP contribution is -2.49. The van der Waals surface area contributed by atoms with Crippen LogP contribution in [0.5, 0.6) is 0 Å². The van der Waals surface area contributed by atoms with Gasteiger partial charge in [0.1, 0.15) is 12.2 Å². The lowest BCUT2D eigenvalue weighted by Gasteiger charge is -2.43. The fraction of sp³-hybridized carbons (Fsp3) is 0.278. The molecule has 3 atom stereocenters. The smallest absolute Gasteiger partial charge is 0.250 e. The summed E-state index contributed by atoms with van der Waals surface area (Å²) in [5.41, 5.74) is 6.28. The van der Waals surface area contributed by atoms with Crippen LogP contribution in [0.15, 0.2) is 77.9 Å². The Morgan fingerprint density at radius 2 is 1.90 bits per heavy atom. The minimum Gasteiger partial charge on any atom is -0.344 e. The number of nitrogens with one attached hydrogen (secondary N) is 3. The molecule has 3 N–H and O–H groups in total. The van der Waals surface area contributed by atoms with Crippen molar-refractivity contribution in [3.63, 3.8) is 0 Å². The van der Waals surface area contributed by atoms with E-state index in [2.05, 4.69) is 31.1 Å². The Kier molecular flexibility index (Phi) is 8.90. The van der Waals surface area contributed by atoms with Crippen molar-refractivity contribution < 1.29 is 14.4 Å². The maximum atomic E-state index is 14.0. The van der Waals surface area contributed by atoms with Crippen molar-refractivity contribution in [3.8, 4) is 16.9 Å². The van der Waals surface area contributed by atoms with E-state index in [1.54, 1.807) is 30.3 Å². The zero-order valence-corrected chi connectivity index (χ0v) is 27.6. The molecule has 0 radical (unpaired) electrons. The number of anilines is 1. The molecule has 1 fully saturated rings. The molecule has 50 heavy (non-hydrogen) atoms. The third kappa shape index (κ3) is 6.72. The number of rotatable bonds is 10. The Labute approximate surface area is 287 Å². The molecular weight excluding hydrogens is 636 g/mol. The average Bonchev–Trinajstić information content (AvgIpc) is 3.78. The molecule has 0 saturated carbocycles. The second-order valence-electron chi connectivity index (χ2n) is 12.8. The summed E-state index contributed by atoms with van der Waals surface area (Å²) in [5.74, 6) is 0.158. The highest BCUT2D eigenvalue weighted by molar-refractivity contribution is 5.93.